The van der Waals surface area contributed by atoms with E-state index in [-0.39, 0.29) is 5.91 Å². The molecule has 1 aliphatic heterocycles. The van der Waals surface area contributed by atoms with Gasteiger partial charge < -0.3 is 10.2 Å². The van der Waals surface area contributed by atoms with Crippen LogP contribution in [0, 0.1) is 0 Å². The van der Waals surface area contributed by atoms with Gasteiger partial charge in [0.05, 0.1) is 0 Å². The number of rotatable bonds is 6. The van der Waals surface area contributed by atoms with E-state index in [1.165, 1.54) is 12.2 Å². The van der Waals surface area contributed by atoms with Crippen LogP contribution in [0.5, 0.6) is 0 Å². The number of carbonyl (C=O) groups is 1. The first-order valence-electron chi connectivity index (χ1n) is 6.31. The van der Waals surface area contributed by atoms with Gasteiger partial charge in [0, 0.05) is 37.3 Å². The first-order chi connectivity index (χ1) is 7.69. The van der Waals surface area contributed by atoms with Gasteiger partial charge in [-0.3, -0.25) is 4.79 Å². The van der Waals surface area contributed by atoms with E-state index in [1.54, 1.807) is 0 Å². The zero-order chi connectivity index (χ0) is 12.0. The summed E-state index contributed by atoms with van der Waals surface area (Å²) in [6.45, 7) is 8.80. The summed E-state index contributed by atoms with van der Waals surface area (Å²) in [5.41, 5.74) is 0. The summed E-state index contributed by atoms with van der Waals surface area (Å²) < 4.78 is 0. The molecular weight excluding hydrogens is 220 g/mol. The first kappa shape index (κ1) is 13.8. The third-order valence-electron chi connectivity index (χ3n) is 3.24. The highest BCUT2D eigenvalue weighted by molar-refractivity contribution is 8.00. The molecule has 94 valence electrons. The van der Waals surface area contributed by atoms with Crippen LogP contribution < -0.4 is 5.32 Å². The number of thioether (sulfide) groups is 1. The monoisotopic (exact) mass is 244 g/mol. The summed E-state index contributed by atoms with van der Waals surface area (Å²) in [6.07, 6.45) is 1.88. The Bertz CT molecular complexity index is 219. The molecule has 0 aromatic carbocycles. The molecule has 0 bridgehead atoms. The highest BCUT2D eigenvalue weighted by Crippen LogP contribution is 2.25. The van der Waals surface area contributed by atoms with Crippen molar-refractivity contribution < 1.29 is 4.79 Å². The van der Waals surface area contributed by atoms with Gasteiger partial charge in [0.2, 0.25) is 5.91 Å². The standard InChI is InChI=1S/C12H24N2OS/c1-4-14(5-2)12(15)6-8-13-11-7-9-16-10(11)3/h10-11,13H,4-9H2,1-3H3. The molecule has 0 aliphatic carbocycles. The highest BCUT2D eigenvalue weighted by Gasteiger charge is 2.23. The number of nitrogens with zero attached hydrogens (tertiary/aromatic N) is 1. The predicted molar refractivity (Wildman–Crippen MR) is 70.9 cm³/mol. The zero-order valence-electron chi connectivity index (χ0n) is 10.7. The molecule has 0 radical (unpaired) electrons. The van der Waals surface area contributed by atoms with Crippen LogP contribution in [0.15, 0.2) is 0 Å². The van der Waals surface area contributed by atoms with Crippen LogP contribution in [-0.2, 0) is 4.79 Å². The number of carbonyl (C=O) groups excluding carboxylic acids is 1. The van der Waals surface area contributed by atoms with Crippen molar-refractivity contribution in [2.75, 3.05) is 25.4 Å². The summed E-state index contributed by atoms with van der Waals surface area (Å²) in [5, 5.41) is 4.19. The molecule has 0 aromatic heterocycles. The van der Waals surface area contributed by atoms with Gasteiger partial charge in [-0.1, -0.05) is 6.92 Å². The summed E-state index contributed by atoms with van der Waals surface area (Å²) in [4.78, 5) is 13.6. The summed E-state index contributed by atoms with van der Waals surface area (Å²) in [6, 6.07) is 0.606. The summed E-state index contributed by atoms with van der Waals surface area (Å²) in [7, 11) is 0. The molecule has 0 aromatic rings. The fourth-order valence-corrected chi connectivity index (χ4v) is 3.33. The maximum absolute atomic E-state index is 11.7. The van der Waals surface area contributed by atoms with Crippen molar-refractivity contribution in [1.29, 1.82) is 0 Å². The lowest BCUT2D eigenvalue weighted by molar-refractivity contribution is -0.130. The van der Waals surface area contributed by atoms with Gasteiger partial charge in [-0.05, 0) is 26.0 Å². The van der Waals surface area contributed by atoms with Gasteiger partial charge >= 0.3 is 0 Å². The predicted octanol–water partition coefficient (Wildman–Crippen LogP) is 1.73. The Kier molecular flexibility index (Phi) is 6.21. The van der Waals surface area contributed by atoms with Crippen molar-refractivity contribution in [3.05, 3.63) is 0 Å². The molecule has 2 unspecified atom stereocenters. The smallest absolute Gasteiger partial charge is 0.223 e. The van der Waals surface area contributed by atoms with E-state index in [9.17, 15) is 4.79 Å². The second kappa shape index (κ2) is 7.17. The molecule has 1 aliphatic rings. The van der Waals surface area contributed by atoms with E-state index in [0.29, 0.717) is 17.7 Å². The largest absolute Gasteiger partial charge is 0.343 e. The zero-order valence-corrected chi connectivity index (χ0v) is 11.5. The lowest BCUT2D eigenvalue weighted by Crippen LogP contribution is -2.37. The lowest BCUT2D eigenvalue weighted by Gasteiger charge is -2.20. The Morgan fingerprint density at radius 1 is 1.44 bits per heavy atom. The average Bonchev–Trinajstić information content (AvgIpc) is 2.66. The van der Waals surface area contributed by atoms with Crippen LogP contribution in [0.2, 0.25) is 0 Å². The minimum Gasteiger partial charge on any atom is -0.343 e. The maximum atomic E-state index is 11.7. The molecule has 1 N–H and O–H groups in total. The molecule has 2 atom stereocenters. The highest BCUT2D eigenvalue weighted by atomic mass is 32.2. The molecule has 1 fully saturated rings. The molecule has 16 heavy (non-hydrogen) atoms. The van der Waals surface area contributed by atoms with E-state index < -0.39 is 0 Å². The van der Waals surface area contributed by atoms with Gasteiger partial charge in [0.1, 0.15) is 0 Å². The minimum atomic E-state index is 0.274. The summed E-state index contributed by atoms with van der Waals surface area (Å²) in [5.74, 6) is 1.53. The molecule has 3 nitrogen and oxygen atoms in total. The van der Waals surface area contributed by atoms with E-state index >= 15 is 0 Å². The van der Waals surface area contributed by atoms with Crippen molar-refractivity contribution in [3.8, 4) is 0 Å². The molecule has 1 saturated heterocycles. The van der Waals surface area contributed by atoms with Gasteiger partial charge in [0.25, 0.3) is 0 Å². The second-order valence-corrected chi connectivity index (χ2v) is 5.73. The fourth-order valence-electron chi connectivity index (χ4n) is 2.10. The van der Waals surface area contributed by atoms with Crippen LogP contribution >= 0.6 is 11.8 Å². The first-order valence-corrected chi connectivity index (χ1v) is 7.36. The molecule has 0 spiro atoms. The molecular formula is C12H24N2OS. The summed E-state index contributed by atoms with van der Waals surface area (Å²) >= 11 is 2.02. The quantitative estimate of drug-likeness (QED) is 0.772. The Morgan fingerprint density at radius 2 is 2.12 bits per heavy atom. The molecule has 0 saturated carbocycles. The number of amides is 1. The van der Waals surface area contributed by atoms with Crippen LogP contribution in [0.25, 0.3) is 0 Å². The Balaban J connectivity index is 2.17. The van der Waals surface area contributed by atoms with E-state index in [4.69, 9.17) is 0 Å². The normalized spacial score (nSPS) is 24.7. The minimum absolute atomic E-state index is 0.274. The SMILES string of the molecule is CCN(CC)C(=O)CCNC1CCSC1C. The Labute approximate surface area is 103 Å². The van der Waals surface area contributed by atoms with Crippen molar-refractivity contribution in [2.24, 2.45) is 0 Å². The number of hydrogen-bond acceptors (Lipinski definition) is 3. The van der Waals surface area contributed by atoms with Crippen LogP contribution in [0.3, 0.4) is 0 Å². The number of nitrogens with one attached hydrogen (secondary N) is 1. The third kappa shape index (κ3) is 3.98. The molecule has 1 heterocycles. The molecule has 1 rings (SSSR count). The fraction of sp³-hybridized carbons (Fsp3) is 0.917. The Morgan fingerprint density at radius 3 is 2.62 bits per heavy atom. The van der Waals surface area contributed by atoms with Crippen LogP contribution in [0.4, 0.5) is 0 Å². The van der Waals surface area contributed by atoms with Gasteiger partial charge in [0.15, 0.2) is 0 Å². The maximum Gasteiger partial charge on any atom is 0.223 e. The number of hydrogen-bond donors (Lipinski definition) is 1. The lowest BCUT2D eigenvalue weighted by atomic mass is 10.1. The topological polar surface area (TPSA) is 32.3 Å². The van der Waals surface area contributed by atoms with E-state index in [1.807, 2.05) is 30.5 Å². The van der Waals surface area contributed by atoms with Crippen molar-refractivity contribution in [2.45, 2.75) is 44.9 Å². The Hall–Kier alpha value is -0.220. The van der Waals surface area contributed by atoms with Crippen LogP contribution in [-0.4, -0.2) is 47.5 Å². The van der Waals surface area contributed by atoms with Crippen molar-refractivity contribution in [1.82, 2.24) is 10.2 Å². The van der Waals surface area contributed by atoms with Gasteiger partial charge in [-0.2, -0.15) is 11.8 Å². The molecule has 4 heteroatoms. The van der Waals surface area contributed by atoms with E-state index in [0.717, 1.165) is 19.6 Å². The second-order valence-electron chi connectivity index (χ2n) is 4.24. The van der Waals surface area contributed by atoms with Gasteiger partial charge in [-0.15, -0.1) is 0 Å². The molecule has 1 amide bonds. The average molecular weight is 244 g/mol. The van der Waals surface area contributed by atoms with Crippen molar-refractivity contribution in [3.63, 3.8) is 0 Å². The van der Waals surface area contributed by atoms with Crippen molar-refractivity contribution >= 4 is 17.7 Å². The van der Waals surface area contributed by atoms with E-state index in [2.05, 4.69) is 12.2 Å². The van der Waals surface area contributed by atoms with Crippen LogP contribution in [0.1, 0.15) is 33.6 Å². The van der Waals surface area contributed by atoms with Gasteiger partial charge in [-0.25, -0.2) is 0 Å². The third-order valence-corrected chi connectivity index (χ3v) is 4.56.